The van der Waals surface area contributed by atoms with E-state index in [1.54, 1.807) is 18.2 Å². The highest BCUT2D eigenvalue weighted by Crippen LogP contribution is 2.36. The molecule has 0 spiro atoms. The molecule has 0 radical (unpaired) electrons. The first-order chi connectivity index (χ1) is 9.08. The highest BCUT2D eigenvalue weighted by molar-refractivity contribution is 5.90. The third-order valence-corrected chi connectivity index (χ3v) is 2.48. The van der Waals surface area contributed by atoms with E-state index in [9.17, 15) is 9.59 Å². The Morgan fingerprint density at radius 2 is 1.89 bits per heavy atom. The number of carbonyl (C=O) groups is 1. The third-order valence-electron chi connectivity index (χ3n) is 2.48. The molecule has 100 valence electrons. The van der Waals surface area contributed by atoms with E-state index in [0.29, 0.717) is 11.1 Å². The number of ether oxygens (including phenoxy) is 3. The second-order valence-electron chi connectivity index (χ2n) is 3.68. The second-order valence-corrected chi connectivity index (χ2v) is 3.68. The molecule has 0 amide bonds. The monoisotopic (exact) mass is 264 g/mol. The molecule has 1 heterocycles. The van der Waals surface area contributed by atoms with E-state index in [1.165, 1.54) is 21.1 Å². The Balaban J connectivity index is 2.83. The van der Waals surface area contributed by atoms with E-state index >= 15 is 0 Å². The Bertz CT molecular complexity index is 685. The first-order valence-corrected chi connectivity index (χ1v) is 5.44. The van der Waals surface area contributed by atoms with Crippen molar-refractivity contribution in [1.29, 1.82) is 0 Å². The summed E-state index contributed by atoms with van der Waals surface area (Å²) in [5.41, 5.74) is -0.563. The van der Waals surface area contributed by atoms with Crippen LogP contribution in [0.3, 0.4) is 0 Å². The van der Waals surface area contributed by atoms with Crippen molar-refractivity contribution in [3.8, 4) is 17.2 Å². The van der Waals surface area contributed by atoms with Crippen LogP contribution < -0.4 is 19.8 Å². The zero-order valence-electron chi connectivity index (χ0n) is 10.7. The molecule has 0 aliphatic heterocycles. The molecule has 0 unspecified atom stereocenters. The van der Waals surface area contributed by atoms with E-state index in [1.807, 2.05) is 0 Å². The second kappa shape index (κ2) is 5.01. The summed E-state index contributed by atoms with van der Waals surface area (Å²) in [7, 11) is 2.84. The van der Waals surface area contributed by atoms with E-state index < -0.39 is 11.6 Å². The minimum Gasteiger partial charge on any atom is -0.493 e. The van der Waals surface area contributed by atoms with Gasteiger partial charge in [0.1, 0.15) is 0 Å². The highest BCUT2D eigenvalue weighted by atomic mass is 16.6. The van der Waals surface area contributed by atoms with Gasteiger partial charge in [0.05, 0.1) is 19.6 Å². The SMILES string of the molecule is COc1c(OC(C)=O)c(=O)oc2c(OC)cccc12. The zero-order chi connectivity index (χ0) is 14.0. The highest BCUT2D eigenvalue weighted by Gasteiger charge is 2.20. The van der Waals surface area contributed by atoms with Gasteiger partial charge in [0.15, 0.2) is 17.1 Å². The maximum atomic E-state index is 11.8. The molecule has 2 aromatic rings. The van der Waals surface area contributed by atoms with Gasteiger partial charge in [-0.1, -0.05) is 6.07 Å². The van der Waals surface area contributed by atoms with E-state index in [0.717, 1.165) is 0 Å². The molecule has 0 bridgehead atoms. The molecule has 0 saturated heterocycles. The molecule has 0 fully saturated rings. The molecular formula is C13H12O6. The van der Waals surface area contributed by atoms with Crippen LogP contribution in [0.25, 0.3) is 11.0 Å². The molecule has 19 heavy (non-hydrogen) atoms. The van der Waals surface area contributed by atoms with Gasteiger partial charge < -0.3 is 18.6 Å². The molecule has 6 heteroatoms. The van der Waals surface area contributed by atoms with Gasteiger partial charge in [0, 0.05) is 6.92 Å². The number of rotatable bonds is 3. The predicted molar refractivity (Wildman–Crippen MR) is 66.9 cm³/mol. The molecular weight excluding hydrogens is 252 g/mol. The lowest BCUT2D eigenvalue weighted by atomic mass is 10.2. The average molecular weight is 264 g/mol. The maximum Gasteiger partial charge on any atom is 0.383 e. The molecule has 0 saturated carbocycles. The standard InChI is InChI=1S/C13H12O6/c1-7(14)18-12-11(17-3)8-5-4-6-9(16-2)10(8)19-13(12)15/h4-6H,1-3H3. The summed E-state index contributed by atoms with van der Waals surface area (Å²) in [6, 6.07) is 5.03. The van der Waals surface area contributed by atoms with Crippen LogP contribution in [-0.4, -0.2) is 20.2 Å². The summed E-state index contributed by atoms with van der Waals surface area (Å²) >= 11 is 0. The van der Waals surface area contributed by atoms with E-state index in [-0.39, 0.29) is 17.1 Å². The smallest absolute Gasteiger partial charge is 0.383 e. The Hall–Kier alpha value is -2.50. The number of hydrogen-bond acceptors (Lipinski definition) is 6. The van der Waals surface area contributed by atoms with Gasteiger partial charge in [-0.15, -0.1) is 0 Å². The number of fused-ring (bicyclic) bond motifs is 1. The van der Waals surface area contributed by atoms with Crippen LogP contribution in [0.1, 0.15) is 6.92 Å². The van der Waals surface area contributed by atoms with Crippen LogP contribution in [-0.2, 0) is 4.79 Å². The number of carbonyl (C=O) groups excluding carboxylic acids is 1. The largest absolute Gasteiger partial charge is 0.493 e. The molecule has 0 N–H and O–H groups in total. The topological polar surface area (TPSA) is 75.0 Å². The van der Waals surface area contributed by atoms with Crippen LogP contribution in [0.2, 0.25) is 0 Å². The fourth-order valence-corrected chi connectivity index (χ4v) is 1.75. The van der Waals surface area contributed by atoms with Crippen molar-refractivity contribution >= 4 is 16.9 Å². The van der Waals surface area contributed by atoms with Gasteiger partial charge in [-0.05, 0) is 12.1 Å². The van der Waals surface area contributed by atoms with Crippen LogP contribution in [0.5, 0.6) is 17.2 Å². The summed E-state index contributed by atoms with van der Waals surface area (Å²) in [6.45, 7) is 1.19. The molecule has 1 aromatic heterocycles. The number of esters is 1. The van der Waals surface area contributed by atoms with Crippen LogP contribution in [0.15, 0.2) is 27.4 Å². The predicted octanol–water partition coefficient (Wildman–Crippen LogP) is 1.74. The normalized spacial score (nSPS) is 10.3. The minimum absolute atomic E-state index is 0.139. The van der Waals surface area contributed by atoms with Crippen LogP contribution in [0.4, 0.5) is 0 Å². The number of hydrogen-bond donors (Lipinski definition) is 0. The Morgan fingerprint density at radius 1 is 1.16 bits per heavy atom. The van der Waals surface area contributed by atoms with Crippen LogP contribution in [0, 0.1) is 0 Å². The number of methoxy groups -OCH3 is 2. The Morgan fingerprint density at radius 3 is 2.47 bits per heavy atom. The first kappa shape index (κ1) is 12.9. The lowest BCUT2D eigenvalue weighted by Gasteiger charge is -2.10. The molecule has 0 aliphatic rings. The van der Waals surface area contributed by atoms with E-state index in [2.05, 4.69) is 0 Å². The van der Waals surface area contributed by atoms with Gasteiger partial charge in [0.2, 0.25) is 0 Å². The van der Waals surface area contributed by atoms with Gasteiger partial charge in [-0.3, -0.25) is 4.79 Å². The molecule has 0 atom stereocenters. The maximum absolute atomic E-state index is 11.8. The fourth-order valence-electron chi connectivity index (χ4n) is 1.75. The summed E-state index contributed by atoms with van der Waals surface area (Å²) in [5, 5.41) is 0.484. The Kier molecular flexibility index (Phi) is 3.41. The molecule has 0 aliphatic carbocycles. The molecule has 1 aromatic carbocycles. The fraction of sp³-hybridized carbons (Fsp3) is 0.231. The van der Waals surface area contributed by atoms with Crippen molar-refractivity contribution in [1.82, 2.24) is 0 Å². The number of benzene rings is 1. The zero-order valence-corrected chi connectivity index (χ0v) is 10.7. The van der Waals surface area contributed by atoms with Crippen molar-refractivity contribution in [2.75, 3.05) is 14.2 Å². The molecule has 2 rings (SSSR count). The third kappa shape index (κ3) is 2.24. The van der Waals surface area contributed by atoms with Crippen molar-refractivity contribution in [3.05, 3.63) is 28.6 Å². The van der Waals surface area contributed by atoms with Crippen molar-refractivity contribution in [3.63, 3.8) is 0 Å². The summed E-state index contributed by atoms with van der Waals surface area (Å²) in [6.07, 6.45) is 0. The average Bonchev–Trinajstić information content (AvgIpc) is 2.38. The molecule has 6 nitrogen and oxygen atoms in total. The summed E-state index contributed by atoms with van der Waals surface area (Å²) in [5.74, 6) is -0.369. The van der Waals surface area contributed by atoms with Crippen LogP contribution >= 0.6 is 0 Å². The summed E-state index contributed by atoms with van der Waals surface area (Å²) in [4.78, 5) is 22.8. The lowest BCUT2D eigenvalue weighted by Crippen LogP contribution is -2.12. The van der Waals surface area contributed by atoms with Gasteiger partial charge >= 0.3 is 11.6 Å². The van der Waals surface area contributed by atoms with Crippen molar-refractivity contribution in [2.45, 2.75) is 6.92 Å². The van der Waals surface area contributed by atoms with E-state index in [4.69, 9.17) is 18.6 Å². The van der Waals surface area contributed by atoms with Crippen molar-refractivity contribution in [2.24, 2.45) is 0 Å². The van der Waals surface area contributed by atoms with Gasteiger partial charge in [-0.2, -0.15) is 0 Å². The lowest BCUT2D eigenvalue weighted by molar-refractivity contribution is -0.132. The quantitative estimate of drug-likeness (QED) is 0.621. The number of para-hydroxylation sites is 1. The Labute approximate surface area is 108 Å². The first-order valence-electron chi connectivity index (χ1n) is 5.44. The van der Waals surface area contributed by atoms with Gasteiger partial charge in [-0.25, -0.2) is 4.79 Å². The minimum atomic E-state index is -0.802. The van der Waals surface area contributed by atoms with Crippen molar-refractivity contribution < 1.29 is 23.4 Å². The summed E-state index contributed by atoms with van der Waals surface area (Å²) < 4.78 is 20.2. The van der Waals surface area contributed by atoms with Gasteiger partial charge in [0.25, 0.3) is 5.75 Å².